The number of thiophene rings is 1. The van der Waals surface area contributed by atoms with Gasteiger partial charge < -0.3 is 10.2 Å². The van der Waals surface area contributed by atoms with Gasteiger partial charge in [0, 0.05) is 29.1 Å². The highest BCUT2D eigenvalue weighted by molar-refractivity contribution is 7.10. The summed E-state index contributed by atoms with van der Waals surface area (Å²) in [6.07, 6.45) is 6.32. The van der Waals surface area contributed by atoms with Gasteiger partial charge in [-0.25, -0.2) is 0 Å². The number of hydrogen-bond acceptors (Lipinski definition) is 3. The van der Waals surface area contributed by atoms with Crippen LogP contribution in [0.3, 0.4) is 0 Å². The van der Waals surface area contributed by atoms with Crippen molar-refractivity contribution in [3.63, 3.8) is 0 Å². The van der Waals surface area contributed by atoms with Crippen molar-refractivity contribution in [1.29, 1.82) is 0 Å². The number of anilines is 1. The molecule has 1 atom stereocenters. The lowest BCUT2D eigenvalue weighted by atomic mass is 9.96. The largest absolute Gasteiger partial charge is 0.344 e. The molecule has 1 unspecified atom stereocenters. The Balaban J connectivity index is 1.53. The summed E-state index contributed by atoms with van der Waals surface area (Å²) in [5.74, 6) is 0.606. The highest BCUT2D eigenvalue weighted by atomic mass is 32.1. The zero-order valence-corrected chi connectivity index (χ0v) is 15.6. The fourth-order valence-electron chi connectivity index (χ4n) is 4.14. The molecule has 1 aromatic carbocycles. The third-order valence-electron chi connectivity index (χ3n) is 5.50. The van der Waals surface area contributed by atoms with Crippen LogP contribution in [0, 0.1) is 5.92 Å². The first-order valence-electron chi connectivity index (χ1n) is 9.47. The lowest BCUT2D eigenvalue weighted by Gasteiger charge is -2.24. The predicted octanol–water partition coefficient (Wildman–Crippen LogP) is 4.54. The van der Waals surface area contributed by atoms with Gasteiger partial charge in [-0.05, 0) is 54.8 Å². The van der Waals surface area contributed by atoms with E-state index in [4.69, 9.17) is 0 Å². The Morgan fingerprint density at radius 2 is 2.00 bits per heavy atom. The number of hydrogen-bond donors (Lipinski definition) is 1. The Hall–Kier alpha value is -2.14. The number of benzene rings is 1. The minimum Gasteiger partial charge on any atom is -0.344 e. The van der Waals surface area contributed by atoms with Crippen LogP contribution in [0.15, 0.2) is 41.8 Å². The van der Waals surface area contributed by atoms with E-state index in [-0.39, 0.29) is 17.9 Å². The van der Waals surface area contributed by atoms with Crippen LogP contribution in [0.5, 0.6) is 0 Å². The molecule has 2 fully saturated rings. The Labute approximate surface area is 158 Å². The molecule has 1 aliphatic carbocycles. The number of nitrogens with zero attached hydrogens (tertiary/aromatic N) is 1. The van der Waals surface area contributed by atoms with Gasteiger partial charge in [0.05, 0.1) is 6.04 Å². The van der Waals surface area contributed by atoms with Crippen LogP contribution >= 0.6 is 11.3 Å². The van der Waals surface area contributed by atoms with Gasteiger partial charge in [0.25, 0.3) is 5.91 Å². The standard InChI is InChI=1S/C21H24N2O2S/c24-19-11-4-12-23(19)17-9-3-8-16(14-17)21(25)22-20(15-6-1-2-7-15)18-10-5-13-26-18/h3,5,8-10,13-15,20H,1-2,4,6-7,11-12H2,(H,22,25). The maximum absolute atomic E-state index is 12.9. The molecule has 1 saturated carbocycles. The van der Waals surface area contributed by atoms with E-state index in [0.717, 1.165) is 18.7 Å². The SMILES string of the molecule is O=C(NC(c1cccs1)C1CCCC1)c1cccc(N2CCCC2=O)c1. The molecular formula is C21H24N2O2S. The van der Waals surface area contributed by atoms with E-state index in [1.807, 2.05) is 30.3 Å². The van der Waals surface area contributed by atoms with E-state index in [1.54, 1.807) is 16.2 Å². The molecule has 136 valence electrons. The topological polar surface area (TPSA) is 49.4 Å². The average molecular weight is 369 g/mol. The molecular weight excluding hydrogens is 344 g/mol. The molecule has 0 bridgehead atoms. The number of nitrogens with one attached hydrogen (secondary N) is 1. The van der Waals surface area contributed by atoms with Crippen LogP contribution in [0.25, 0.3) is 0 Å². The summed E-state index contributed by atoms with van der Waals surface area (Å²) in [5, 5.41) is 5.35. The summed E-state index contributed by atoms with van der Waals surface area (Å²) < 4.78 is 0. The van der Waals surface area contributed by atoms with Gasteiger partial charge in [-0.15, -0.1) is 11.3 Å². The average Bonchev–Trinajstić information content (AvgIpc) is 3.42. The zero-order chi connectivity index (χ0) is 17.9. The predicted molar refractivity (Wildman–Crippen MR) is 105 cm³/mol. The van der Waals surface area contributed by atoms with Crippen molar-refractivity contribution in [3.8, 4) is 0 Å². The molecule has 2 aliphatic rings. The van der Waals surface area contributed by atoms with E-state index in [2.05, 4.69) is 16.8 Å². The molecule has 0 radical (unpaired) electrons. The van der Waals surface area contributed by atoms with Gasteiger partial charge in [0.1, 0.15) is 0 Å². The highest BCUT2D eigenvalue weighted by Crippen LogP contribution is 2.37. The summed E-state index contributed by atoms with van der Waals surface area (Å²) >= 11 is 1.71. The Morgan fingerprint density at radius 1 is 1.15 bits per heavy atom. The van der Waals surface area contributed by atoms with E-state index in [9.17, 15) is 9.59 Å². The first-order chi connectivity index (χ1) is 12.7. The quantitative estimate of drug-likeness (QED) is 0.842. The van der Waals surface area contributed by atoms with Crippen molar-refractivity contribution in [2.24, 2.45) is 5.92 Å². The molecule has 1 saturated heterocycles. The van der Waals surface area contributed by atoms with Crippen LogP contribution in [0.2, 0.25) is 0 Å². The molecule has 2 amide bonds. The summed E-state index contributed by atoms with van der Waals surface area (Å²) in [6, 6.07) is 11.7. The van der Waals surface area contributed by atoms with Gasteiger partial charge in [-0.2, -0.15) is 0 Å². The maximum Gasteiger partial charge on any atom is 0.251 e. The smallest absolute Gasteiger partial charge is 0.251 e. The Kier molecular flexibility index (Phi) is 5.07. The second-order valence-corrected chi connectivity index (χ2v) is 8.19. The summed E-state index contributed by atoms with van der Waals surface area (Å²) in [6.45, 7) is 0.740. The van der Waals surface area contributed by atoms with Crippen LogP contribution in [0.4, 0.5) is 5.69 Å². The van der Waals surface area contributed by atoms with Crippen molar-refractivity contribution in [2.45, 2.75) is 44.6 Å². The first-order valence-corrected chi connectivity index (χ1v) is 10.3. The fraction of sp³-hybridized carbons (Fsp3) is 0.429. The minimum absolute atomic E-state index is 0.0520. The molecule has 4 rings (SSSR count). The molecule has 4 nitrogen and oxygen atoms in total. The monoisotopic (exact) mass is 368 g/mol. The van der Waals surface area contributed by atoms with Crippen molar-refractivity contribution in [1.82, 2.24) is 5.32 Å². The molecule has 1 aliphatic heterocycles. The van der Waals surface area contributed by atoms with Gasteiger partial charge in [-0.3, -0.25) is 9.59 Å². The molecule has 26 heavy (non-hydrogen) atoms. The third kappa shape index (κ3) is 3.54. The van der Waals surface area contributed by atoms with Crippen LogP contribution in [-0.2, 0) is 4.79 Å². The second-order valence-electron chi connectivity index (χ2n) is 7.21. The van der Waals surface area contributed by atoms with E-state index in [1.165, 1.54) is 30.6 Å². The molecule has 2 heterocycles. The second kappa shape index (κ2) is 7.62. The third-order valence-corrected chi connectivity index (χ3v) is 6.46. The zero-order valence-electron chi connectivity index (χ0n) is 14.8. The van der Waals surface area contributed by atoms with Crippen LogP contribution < -0.4 is 10.2 Å². The molecule has 0 spiro atoms. The van der Waals surface area contributed by atoms with Crippen molar-refractivity contribution in [3.05, 3.63) is 52.2 Å². The highest BCUT2D eigenvalue weighted by Gasteiger charge is 2.29. The number of carbonyl (C=O) groups excluding carboxylic acids is 2. The van der Waals surface area contributed by atoms with E-state index < -0.39 is 0 Å². The number of rotatable bonds is 5. The lowest BCUT2D eigenvalue weighted by Crippen LogP contribution is -2.32. The number of amides is 2. The minimum atomic E-state index is -0.0520. The summed E-state index contributed by atoms with van der Waals surface area (Å²) in [4.78, 5) is 28.0. The van der Waals surface area contributed by atoms with Crippen molar-refractivity contribution >= 4 is 28.8 Å². The molecule has 5 heteroatoms. The van der Waals surface area contributed by atoms with E-state index in [0.29, 0.717) is 17.9 Å². The van der Waals surface area contributed by atoms with E-state index >= 15 is 0 Å². The van der Waals surface area contributed by atoms with Crippen molar-refractivity contribution < 1.29 is 9.59 Å². The fourth-order valence-corrected chi connectivity index (χ4v) is 5.01. The molecule has 1 N–H and O–H groups in total. The molecule has 2 aromatic rings. The van der Waals surface area contributed by atoms with Gasteiger partial charge in [-0.1, -0.05) is 25.0 Å². The lowest BCUT2D eigenvalue weighted by molar-refractivity contribution is -0.117. The Morgan fingerprint density at radius 3 is 2.69 bits per heavy atom. The van der Waals surface area contributed by atoms with Gasteiger partial charge >= 0.3 is 0 Å². The van der Waals surface area contributed by atoms with Gasteiger partial charge in [0.2, 0.25) is 5.91 Å². The molecule has 1 aromatic heterocycles. The first kappa shape index (κ1) is 17.3. The van der Waals surface area contributed by atoms with Crippen molar-refractivity contribution in [2.75, 3.05) is 11.4 Å². The summed E-state index contributed by atoms with van der Waals surface area (Å²) in [7, 11) is 0. The normalized spacial score (nSPS) is 19.1. The van der Waals surface area contributed by atoms with Gasteiger partial charge in [0.15, 0.2) is 0 Å². The van der Waals surface area contributed by atoms with Crippen LogP contribution in [0.1, 0.15) is 59.8 Å². The summed E-state index contributed by atoms with van der Waals surface area (Å²) in [5.41, 5.74) is 1.45. The number of carbonyl (C=O) groups is 2. The maximum atomic E-state index is 12.9. The Bertz CT molecular complexity index is 781. The van der Waals surface area contributed by atoms with Crippen LogP contribution in [-0.4, -0.2) is 18.4 Å².